The van der Waals surface area contributed by atoms with Crippen molar-refractivity contribution in [3.63, 3.8) is 0 Å². The van der Waals surface area contributed by atoms with Crippen LogP contribution in [0, 0.1) is 22.7 Å². The summed E-state index contributed by atoms with van der Waals surface area (Å²) < 4.78 is 2.25. The highest BCUT2D eigenvalue weighted by Crippen LogP contribution is 2.35. The van der Waals surface area contributed by atoms with Gasteiger partial charge in [0.15, 0.2) is 8.07 Å². The van der Waals surface area contributed by atoms with Crippen LogP contribution in [0.3, 0.4) is 0 Å². The van der Waals surface area contributed by atoms with Crippen LogP contribution in [0.4, 0.5) is 0 Å². The standard InChI is InChI=1S/C44H29N3Si/c45-30-32-24-27-43-41(28-32)38-20-10-12-22-42(38)47(43)34-26-25-33(31-46)40(29-34)39-21-11-13-23-44(39)48(35-14-4-1-5-15-35,36-16-6-2-7-17-36)37-18-8-3-9-19-37/h1-29H. The number of nitriles is 2. The van der Waals surface area contributed by atoms with Crippen molar-refractivity contribution in [2.24, 2.45) is 0 Å². The zero-order valence-electron chi connectivity index (χ0n) is 26.1. The first-order valence-corrected chi connectivity index (χ1v) is 18.0. The van der Waals surface area contributed by atoms with Crippen molar-refractivity contribution in [3.8, 4) is 29.0 Å². The van der Waals surface area contributed by atoms with Gasteiger partial charge >= 0.3 is 0 Å². The molecule has 0 fully saturated rings. The van der Waals surface area contributed by atoms with Gasteiger partial charge in [0.1, 0.15) is 0 Å². The number of hydrogen-bond donors (Lipinski definition) is 0. The van der Waals surface area contributed by atoms with E-state index in [0.29, 0.717) is 11.1 Å². The molecule has 0 amide bonds. The molecular weight excluding hydrogens is 599 g/mol. The van der Waals surface area contributed by atoms with Gasteiger partial charge in [-0.05, 0) is 68.8 Å². The monoisotopic (exact) mass is 627 g/mol. The minimum Gasteiger partial charge on any atom is -0.309 e. The lowest BCUT2D eigenvalue weighted by Crippen LogP contribution is -2.75. The van der Waals surface area contributed by atoms with Gasteiger partial charge in [0.05, 0.1) is 34.3 Å². The van der Waals surface area contributed by atoms with Crippen LogP contribution in [0.25, 0.3) is 38.6 Å². The molecular formula is C44H29N3Si. The Balaban J connectivity index is 1.46. The average Bonchev–Trinajstić information content (AvgIpc) is 3.50. The first-order chi connectivity index (χ1) is 23.7. The van der Waals surface area contributed by atoms with E-state index in [9.17, 15) is 10.5 Å². The van der Waals surface area contributed by atoms with Crippen molar-refractivity contribution in [2.75, 3.05) is 0 Å². The van der Waals surface area contributed by atoms with Crippen molar-refractivity contribution < 1.29 is 0 Å². The minimum atomic E-state index is -2.89. The molecule has 0 aliphatic heterocycles. The molecule has 7 aromatic carbocycles. The average molecular weight is 628 g/mol. The fourth-order valence-corrected chi connectivity index (χ4v) is 12.4. The van der Waals surface area contributed by atoms with Gasteiger partial charge in [-0.3, -0.25) is 0 Å². The normalized spacial score (nSPS) is 11.3. The summed E-state index contributed by atoms with van der Waals surface area (Å²) in [5.74, 6) is 0. The Labute approximate surface area is 280 Å². The van der Waals surface area contributed by atoms with Gasteiger partial charge in [-0.1, -0.05) is 133 Å². The van der Waals surface area contributed by atoms with Crippen LogP contribution >= 0.6 is 0 Å². The van der Waals surface area contributed by atoms with E-state index in [0.717, 1.165) is 38.6 Å². The molecule has 0 bridgehead atoms. The molecule has 0 saturated heterocycles. The molecule has 8 aromatic rings. The Bertz CT molecular complexity index is 2430. The molecule has 0 aliphatic rings. The highest BCUT2D eigenvalue weighted by Gasteiger charge is 2.43. The van der Waals surface area contributed by atoms with E-state index >= 15 is 0 Å². The molecule has 1 aromatic heterocycles. The molecule has 4 heteroatoms. The second-order valence-electron chi connectivity index (χ2n) is 11.9. The third kappa shape index (κ3) is 4.55. The van der Waals surface area contributed by atoms with Crippen LogP contribution < -0.4 is 20.7 Å². The van der Waals surface area contributed by atoms with E-state index in [2.05, 4.69) is 150 Å². The quantitative estimate of drug-likeness (QED) is 0.141. The zero-order chi connectivity index (χ0) is 32.5. The third-order valence-electron chi connectivity index (χ3n) is 9.43. The van der Waals surface area contributed by atoms with E-state index < -0.39 is 8.07 Å². The molecule has 0 aliphatic carbocycles. The summed E-state index contributed by atoms with van der Waals surface area (Å²) in [6.45, 7) is 0. The van der Waals surface area contributed by atoms with E-state index in [1.165, 1.54) is 20.7 Å². The summed E-state index contributed by atoms with van der Waals surface area (Å²) in [5.41, 5.74) is 6.21. The number of para-hydroxylation sites is 1. The summed E-state index contributed by atoms with van der Waals surface area (Å²) in [6.07, 6.45) is 0. The molecule has 3 nitrogen and oxygen atoms in total. The molecule has 0 atom stereocenters. The van der Waals surface area contributed by atoms with Gasteiger partial charge < -0.3 is 4.57 Å². The van der Waals surface area contributed by atoms with E-state index in [-0.39, 0.29) is 0 Å². The van der Waals surface area contributed by atoms with Crippen molar-refractivity contribution in [1.29, 1.82) is 10.5 Å². The lowest BCUT2D eigenvalue weighted by atomic mass is 9.99. The Morgan fingerprint density at radius 2 is 1.00 bits per heavy atom. The lowest BCUT2D eigenvalue weighted by Gasteiger charge is -2.36. The summed E-state index contributed by atoms with van der Waals surface area (Å²) in [4.78, 5) is 0. The number of benzene rings is 7. The molecule has 0 N–H and O–H groups in total. The Hall–Kier alpha value is -6.46. The maximum Gasteiger partial charge on any atom is 0.180 e. The van der Waals surface area contributed by atoms with Crippen molar-refractivity contribution in [2.45, 2.75) is 0 Å². The smallest absolute Gasteiger partial charge is 0.180 e. The summed E-state index contributed by atoms with van der Waals surface area (Å²) in [7, 11) is -2.89. The van der Waals surface area contributed by atoms with Crippen molar-refractivity contribution in [3.05, 3.63) is 187 Å². The largest absolute Gasteiger partial charge is 0.309 e. The predicted octanol–water partition coefficient (Wildman–Crippen LogP) is 7.57. The van der Waals surface area contributed by atoms with Crippen LogP contribution in [0.5, 0.6) is 0 Å². The van der Waals surface area contributed by atoms with Gasteiger partial charge in [0, 0.05) is 22.0 Å². The van der Waals surface area contributed by atoms with Gasteiger partial charge in [-0.25, -0.2) is 0 Å². The molecule has 1 heterocycles. The predicted molar refractivity (Wildman–Crippen MR) is 199 cm³/mol. The van der Waals surface area contributed by atoms with Crippen LogP contribution in [0.15, 0.2) is 176 Å². The SMILES string of the molecule is N#Cc1ccc2c(c1)c1ccccc1n2-c1ccc(C#N)c(-c2ccccc2[Si](c2ccccc2)(c2ccccc2)c2ccccc2)c1. The fourth-order valence-electron chi connectivity index (χ4n) is 7.39. The van der Waals surface area contributed by atoms with Crippen LogP contribution in [0.2, 0.25) is 0 Å². The van der Waals surface area contributed by atoms with E-state index in [1.54, 1.807) is 0 Å². The summed E-state index contributed by atoms with van der Waals surface area (Å²) >= 11 is 0. The second-order valence-corrected chi connectivity index (χ2v) is 15.7. The van der Waals surface area contributed by atoms with Gasteiger partial charge in [0.2, 0.25) is 0 Å². The maximum atomic E-state index is 10.6. The lowest BCUT2D eigenvalue weighted by molar-refractivity contribution is 1.18. The van der Waals surface area contributed by atoms with Crippen LogP contribution in [-0.4, -0.2) is 12.6 Å². The Kier molecular flexibility index (Phi) is 7.27. The highest BCUT2D eigenvalue weighted by atomic mass is 28.3. The minimum absolute atomic E-state index is 0.621. The summed E-state index contributed by atoms with van der Waals surface area (Å²) in [5, 5.41) is 27.4. The zero-order valence-corrected chi connectivity index (χ0v) is 27.1. The number of nitrogens with zero attached hydrogens (tertiary/aromatic N) is 3. The topological polar surface area (TPSA) is 52.5 Å². The Morgan fingerprint density at radius 1 is 0.438 bits per heavy atom. The number of rotatable bonds is 6. The van der Waals surface area contributed by atoms with Crippen molar-refractivity contribution in [1.82, 2.24) is 4.57 Å². The molecule has 224 valence electrons. The number of aromatic nitrogens is 1. The van der Waals surface area contributed by atoms with E-state index in [4.69, 9.17) is 0 Å². The molecule has 0 unspecified atom stereocenters. The highest BCUT2D eigenvalue weighted by molar-refractivity contribution is 7.20. The molecule has 0 saturated carbocycles. The molecule has 48 heavy (non-hydrogen) atoms. The third-order valence-corrected chi connectivity index (χ3v) is 14.3. The van der Waals surface area contributed by atoms with Crippen LogP contribution in [0.1, 0.15) is 11.1 Å². The Morgan fingerprint density at radius 3 is 1.62 bits per heavy atom. The molecule has 8 rings (SSSR count). The van der Waals surface area contributed by atoms with Gasteiger partial charge in [-0.15, -0.1) is 0 Å². The fraction of sp³-hybridized carbons (Fsp3) is 0. The molecule has 0 radical (unpaired) electrons. The summed E-state index contributed by atoms with van der Waals surface area (Å²) in [6, 6.07) is 66.4. The maximum absolute atomic E-state index is 10.6. The van der Waals surface area contributed by atoms with Crippen LogP contribution in [-0.2, 0) is 0 Å². The first kappa shape index (κ1) is 29.0. The first-order valence-electron chi connectivity index (χ1n) is 16.0. The van der Waals surface area contributed by atoms with Gasteiger partial charge in [0.25, 0.3) is 0 Å². The second kappa shape index (κ2) is 12.0. The van der Waals surface area contributed by atoms with Crippen molar-refractivity contribution >= 4 is 50.6 Å². The van der Waals surface area contributed by atoms with E-state index in [1.807, 2.05) is 42.5 Å². The number of hydrogen-bond acceptors (Lipinski definition) is 2. The molecule has 0 spiro atoms. The van der Waals surface area contributed by atoms with Gasteiger partial charge in [-0.2, -0.15) is 10.5 Å². The number of fused-ring (bicyclic) bond motifs is 3.